The van der Waals surface area contributed by atoms with Crippen LogP contribution in [-0.2, 0) is 19.2 Å². The van der Waals surface area contributed by atoms with Crippen LogP contribution < -0.4 is 10.6 Å². The summed E-state index contributed by atoms with van der Waals surface area (Å²) < 4.78 is 0. The quantitative estimate of drug-likeness (QED) is 0.0462. The van der Waals surface area contributed by atoms with Gasteiger partial charge in [-0.2, -0.15) is 0 Å². The van der Waals surface area contributed by atoms with E-state index in [1.54, 1.807) is 0 Å². The molecule has 2 unspecified atom stereocenters. The Kier molecular flexibility index (Phi) is 45.3. The lowest BCUT2D eigenvalue weighted by Crippen LogP contribution is -2.54. The molecule has 0 bridgehead atoms. The topological polar surface area (TPSA) is 109 Å². The third-order valence-corrected chi connectivity index (χ3v) is 13.4. The van der Waals surface area contributed by atoms with Crippen LogP contribution in [0.4, 0.5) is 0 Å². The third-order valence-electron chi connectivity index (χ3n) is 13.4. The molecule has 0 spiro atoms. The summed E-state index contributed by atoms with van der Waals surface area (Å²) in [7, 11) is 10.1. The highest BCUT2D eigenvalue weighted by molar-refractivity contribution is 5.88. The number of hydrogen-bond acceptors (Lipinski definition) is 7. The van der Waals surface area contributed by atoms with Gasteiger partial charge in [-0.05, 0) is 150 Å². The van der Waals surface area contributed by atoms with E-state index in [1.807, 2.05) is 72.7 Å². The molecule has 0 heterocycles. The van der Waals surface area contributed by atoms with Crippen molar-refractivity contribution >= 4 is 23.6 Å². The summed E-state index contributed by atoms with van der Waals surface area (Å²) in [6, 6.07) is -1.07. The minimum absolute atomic E-state index is 0.0330. The van der Waals surface area contributed by atoms with Crippen molar-refractivity contribution in [3.63, 3.8) is 0 Å². The zero-order valence-electron chi connectivity index (χ0n) is 48.8. The van der Waals surface area contributed by atoms with Crippen LogP contribution in [0.3, 0.4) is 0 Å². The monoisotopic (exact) mass is 1010 g/mol. The summed E-state index contributed by atoms with van der Waals surface area (Å²) in [6.07, 6.45) is 45.9. The van der Waals surface area contributed by atoms with Gasteiger partial charge in [-0.3, -0.25) is 19.2 Å². The van der Waals surface area contributed by atoms with E-state index in [0.29, 0.717) is 52.1 Å². The highest BCUT2D eigenvalue weighted by atomic mass is 16.2. The molecule has 0 aromatic carbocycles. The van der Waals surface area contributed by atoms with Gasteiger partial charge in [0.1, 0.15) is 12.1 Å². The maximum Gasteiger partial charge on any atom is 0.243 e. The molecule has 0 saturated heterocycles. The largest absolute Gasteiger partial charge is 0.353 e. The first-order valence-electron chi connectivity index (χ1n) is 29.4. The molecule has 0 rings (SSSR count). The van der Waals surface area contributed by atoms with Crippen molar-refractivity contribution in [2.75, 3.05) is 87.6 Å². The Bertz CT molecular complexity index is 1350. The second kappa shape index (κ2) is 47.4. The van der Waals surface area contributed by atoms with Crippen molar-refractivity contribution in [3.05, 3.63) is 48.6 Å². The molecular formula is C61H115N7O4. The van der Waals surface area contributed by atoms with Crippen molar-refractivity contribution in [1.82, 2.24) is 35.1 Å². The molecule has 0 aliphatic rings. The van der Waals surface area contributed by atoms with E-state index in [0.717, 1.165) is 90.1 Å². The Hall–Kier alpha value is -3.28. The second-order valence-electron chi connectivity index (χ2n) is 21.7. The molecule has 0 radical (unpaired) electrons. The lowest BCUT2D eigenvalue weighted by atomic mass is 9.99. The van der Waals surface area contributed by atoms with Crippen molar-refractivity contribution in [3.8, 4) is 0 Å². The first-order valence-corrected chi connectivity index (χ1v) is 29.4. The van der Waals surface area contributed by atoms with E-state index in [9.17, 15) is 19.2 Å². The number of likely N-dealkylation sites (N-methyl/N-ethyl adjacent to an activating group) is 1. The Morgan fingerprint density at radius 2 is 0.708 bits per heavy atom. The van der Waals surface area contributed by atoms with E-state index < -0.39 is 12.1 Å². The number of allylic oxidation sites excluding steroid dienone is 8. The fraction of sp³-hybridized carbons (Fsp3) is 0.803. The van der Waals surface area contributed by atoms with Crippen molar-refractivity contribution in [1.29, 1.82) is 0 Å². The third kappa shape index (κ3) is 38.3. The van der Waals surface area contributed by atoms with Gasteiger partial charge < -0.3 is 35.1 Å². The maximum absolute atomic E-state index is 13.9. The Morgan fingerprint density at radius 3 is 1.03 bits per heavy atom. The summed E-state index contributed by atoms with van der Waals surface area (Å²) in [6.45, 7) is 17.5. The molecule has 418 valence electrons. The summed E-state index contributed by atoms with van der Waals surface area (Å²) in [5.74, 6) is -0.142. The molecule has 4 amide bonds. The van der Waals surface area contributed by atoms with E-state index in [-0.39, 0.29) is 35.5 Å². The van der Waals surface area contributed by atoms with Gasteiger partial charge >= 0.3 is 0 Å². The first kappa shape index (κ1) is 68.7. The molecule has 0 aliphatic carbocycles. The summed E-state index contributed by atoms with van der Waals surface area (Å²) in [5.41, 5.74) is 0. The minimum atomic E-state index is -0.534. The molecule has 11 nitrogen and oxygen atoms in total. The first-order chi connectivity index (χ1) is 34.7. The molecular weight excluding hydrogens is 895 g/mol. The zero-order valence-corrected chi connectivity index (χ0v) is 48.8. The Labute approximate surface area is 444 Å². The van der Waals surface area contributed by atoms with Gasteiger partial charge in [-0.25, -0.2) is 0 Å². The average molecular weight is 1010 g/mol. The summed E-state index contributed by atoms with van der Waals surface area (Å²) in [5, 5.41) is 6.31. The van der Waals surface area contributed by atoms with E-state index in [2.05, 4.69) is 87.8 Å². The summed E-state index contributed by atoms with van der Waals surface area (Å²) in [4.78, 5) is 65.4. The standard InChI is InChI=1S/C61H115N7O4/c1-12-14-16-18-20-22-24-26-28-30-32-34-36-38-40-44-56(69)67(50-42-48-64(7)8)58(54(3)4)60(71)62-46-52-66(11)53-47-63-61(72)59(55(5)6)68(51-43-49-65(9)10)57(70)45-41-39-37-35-33-31-29-27-25-23-21-19-17-15-13-2/h20-23,26-29,54-55,58-59H,12-19,24-25,30-53H2,1-11H3,(H,62,71)(H,63,72)/b22-20-,23-21-,28-26-,29-27-. The van der Waals surface area contributed by atoms with Crippen molar-refractivity contribution < 1.29 is 19.2 Å². The van der Waals surface area contributed by atoms with Gasteiger partial charge in [0.25, 0.3) is 0 Å². The van der Waals surface area contributed by atoms with E-state index >= 15 is 0 Å². The van der Waals surface area contributed by atoms with E-state index in [1.165, 1.54) is 77.0 Å². The number of hydrogen-bond donors (Lipinski definition) is 2. The van der Waals surface area contributed by atoms with Crippen LogP contribution in [0.5, 0.6) is 0 Å². The number of carbonyl (C=O) groups excluding carboxylic acids is 4. The molecule has 2 N–H and O–H groups in total. The van der Waals surface area contributed by atoms with Gasteiger partial charge in [0.15, 0.2) is 0 Å². The van der Waals surface area contributed by atoms with Crippen LogP contribution in [0, 0.1) is 11.8 Å². The molecule has 72 heavy (non-hydrogen) atoms. The van der Waals surface area contributed by atoms with Crippen LogP contribution in [0.25, 0.3) is 0 Å². The minimum Gasteiger partial charge on any atom is -0.353 e. The fourth-order valence-electron chi connectivity index (χ4n) is 9.08. The maximum atomic E-state index is 13.9. The van der Waals surface area contributed by atoms with Crippen LogP contribution in [0.15, 0.2) is 48.6 Å². The Balaban J connectivity index is 5.09. The average Bonchev–Trinajstić information content (AvgIpc) is 3.32. The summed E-state index contributed by atoms with van der Waals surface area (Å²) >= 11 is 0. The molecule has 0 aromatic heterocycles. The normalized spacial score (nSPS) is 13.1. The molecule has 2 atom stereocenters. The predicted octanol–water partition coefficient (Wildman–Crippen LogP) is 12.4. The van der Waals surface area contributed by atoms with Gasteiger partial charge in [-0.1, -0.05) is 154 Å². The number of amides is 4. The highest BCUT2D eigenvalue weighted by Crippen LogP contribution is 2.19. The number of nitrogens with zero attached hydrogens (tertiary/aromatic N) is 5. The molecule has 0 aliphatic heterocycles. The van der Waals surface area contributed by atoms with Crippen molar-refractivity contribution in [2.24, 2.45) is 11.8 Å². The smallest absolute Gasteiger partial charge is 0.243 e. The number of unbranched alkanes of at least 4 members (excludes halogenated alkanes) is 16. The molecule has 0 aromatic rings. The SMILES string of the molecule is CCCCC/C=C\C/C=C\CCCCCCCC(=O)N(CCCN(C)C)C(C(=O)NCCN(C)CCNC(=O)C(C(C)C)N(CCCN(C)C)C(=O)CCCCCCC/C=C\C/C=C\CCCCC)C(C)C. The van der Waals surface area contributed by atoms with Gasteiger partial charge in [0.05, 0.1) is 0 Å². The lowest BCUT2D eigenvalue weighted by Gasteiger charge is -2.34. The molecule has 0 fully saturated rings. The Morgan fingerprint density at radius 1 is 0.389 bits per heavy atom. The van der Waals surface area contributed by atoms with Crippen LogP contribution >= 0.6 is 0 Å². The van der Waals surface area contributed by atoms with Crippen LogP contribution in [-0.4, -0.2) is 148 Å². The van der Waals surface area contributed by atoms with E-state index in [4.69, 9.17) is 0 Å². The van der Waals surface area contributed by atoms with Crippen LogP contribution in [0.2, 0.25) is 0 Å². The highest BCUT2D eigenvalue weighted by Gasteiger charge is 2.33. The van der Waals surface area contributed by atoms with Crippen molar-refractivity contribution in [2.45, 2.75) is 221 Å². The fourth-order valence-corrected chi connectivity index (χ4v) is 9.08. The lowest BCUT2D eigenvalue weighted by molar-refractivity contribution is -0.142. The second-order valence-corrected chi connectivity index (χ2v) is 21.7. The number of nitrogens with one attached hydrogen (secondary N) is 2. The zero-order chi connectivity index (χ0) is 53.6. The molecule has 0 saturated carbocycles. The number of carbonyl (C=O) groups is 4. The van der Waals surface area contributed by atoms with Gasteiger partial charge in [0.2, 0.25) is 23.6 Å². The predicted molar refractivity (Wildman–Crippen MR) is 309 cm³/mol. The number of rotatable bonds is 48. The molecule has 11 heteroatoms. The van der Waals surface area contributed by atoms with Gasteiger partial charge in [-0.15, -0.1) is 0 Å². The van der Waals surface area contributed by atoms with Gasteiger partial charge in [0, 0.05) is 52.1 Å². The van der Waals surface area contributed by atoms with Crippen LogP contribution in [0.1, 0.15) is 208 Å².